The molecule has 0 unspecified atom stereocenters. The highest BCUT2D eigenvalue weighted by Crippen LogP contribution is 2.14. The molecule has 1 aromatic rings. The molecule has 0 bridgehead atoms. The van der Waals surface area contributed by atoms with Gasteiger partial charge in [0.1, 0.15) is 9.84 Å². The third kappa shape index (κ3) is 3.68. The second kappa shape index (κ2) is 5.67. The predicted octanol–water partition coefficient (Wildman–Crippen LogP) is 1.87. The molecule has 0 saturated carbocycles. The quantitative estimate of drug-likeness (QED) is 0.904. The molecule has 1 aliphatic heterocycles. The van der Waals surface area contributed by atoms with E-state index < -0.39 is 9.84 Å². The second-order valence-electron chi connectivity index (χ2n) is 4.78. The Labute approximate surface area is 109 Å². The van der Waals surface area contributed by atoms with Gasteiger partial charge in [-0.05, 0) is 24.0 Å². The third-order valence-corrected chi connectivity index (χ3v) is 5.06. The summed E-state index contributed by atoms with van der Waals surface area (Å²) >= 11 is 0. The molecule has 98 valence electrons. The summed E-state index contributed by atoms with van der Waals surface area (Å²) in [7, 11) is -2.77. The Morgan fingerprint density at radius 2 is 1.83 bits per heavy atom. The summed E-state index contributed by atoms with van der Waals surface area (Å²) in [5.41, 5.74) is 2.18. The summed E-state index contributed by atoms with van der Waals surface area (Å²) in [6.07, 6.45) is 1.43. The molecule has 0 spiro atoms. The van der Waals surface area contributed by atoms with Gasteiger partial charge >= 0.3 is 0 Å². The van der Waals surface area contributed by atoms with Crippen molar-refractivity contribution in [2.45, 2.75) is 18.9 Å². The predicted molar refractivity (Wildman–Crippen MR) is 75.2 cm³/mol. The molecule has 2 rings (SSSR count). The largest absolute Gasteiger partial charge is 0.310 e. The molecule has 1 N–H and O–H groups in total. The van der Waals surface area contributed by atoms with E-state index in [1.54, 1.807) is 0 Å². The van der Waals surface area contributed by atoms with E-state index in [9.17, 15) is 8.42 Å². The van der Waals surface area contributed by atoms with E-state index in [1.807, 2.05) is 30.3 Å². The van der Waals surface area contributed by atoms with Crippen molar-refractivity contribution in [3.63, 3.8) is 0 Å². The minimum atomic E-state index is -2.77. The molecule has 3 nitrogen and oxygen atoms in total. The zero-order valence-electron chi connectivity index (χ0n) is 10.4. The van der Waals surface area contributed by atoms with E-state index in [0.717, 1.165) is 11.1 Å². The Morgan fingerprint density at radius 1 is 1.22 bits per heavy atom. The zero-order chi connectivity index (χ0) is 13.0. The number of rotatable bonds is 4. The third-order valence-electron chi connectivity index (χ3n) is 3.34. The van der Waals surface area contributed by atoms with Gasteiger partial charge in [0, 0.05) is 12.6 Å². The Morgan fingerprint density at radius 3 is 2.44 bits per heavy atom. The number of benzene rings is 1. The monoisotopic (exact) mass is 265 g/mol. The van der Waals surface area contributed by atoms with Crippen LogP contribution < -0.4 is 5.32 Å². The molecule has 1 aromatic carbocycles. The van der Waals surface area contributed by atoms with Gasteiger partial charge in [0.25, 0.3) is 0 Å². The van der Waals surface area contributed by atoms with Crippen LogP contribution in [0.2, 0.25) is 0 Å². The molecule has 1 saturated heterocycles. The fourth-order valence-electron chi connectivity index (χ4n) is 2.14. The first-order chi connectivity index (χ1) is 8.57. The molecule has 0 aliphatic carbocycles. The van der Waals surface area contributed by atoms with E-state index in [2.05, 4.69) is 11.9 Å². The van der Waals surface area contributed by atoms with Gasteiger partial charge in [0.05, 0.1) is 11.5 Å². The lowest BCUT2D eigenvalue weighted by atomic mass is 10.1. The Bertz CT molecular complexity index is 494. The fraction of sp³-hybridized carbons (Fsp3) is 0.429. The van der Waals surface area contributed by atoms with E-state index in [4.69, 9.17) is 0 Å². The van der Waals surface area contributed by atoms with Crippen molar-refractivity contribution in [1.29, 1.82) is 0 Å². The van der Waals surface area contributed by atoms with Crippen LogP contribution >= 0.6 is 0 Å². The molecule has 0 amide bonds. The van der Waals surface area contributed by atoms with Crippen molar-refractivity contribution in [1.82, 2.24) is 5.32 Å². The lowest BCUT2D eigenvalue weighted by molar-refractivity contribution is 0.485. The highest BCUT2D eigenvalue weighted by atomic mass is 32.2. The Kier molecular flexibility index (Phi) is 4.19. The topological polar surface area (TPSA) is 46.2 Å². The van der Waals surface area contributed by atoms with Gasteiger partial charge in [-0.15, -0.1) is 0 Å². The van der Waals surface area contributed by atoms with Gasteiger partial charge in [-0.1, -0.05) is 36.9 Å². The first-order valence-corrected chi connectivity index (χ1v) is 8.06. The standard InChI is InChI=1S/C14H19NO2S/c1-12(13-5-3-2-4-6-13)11-15-14-7-9-18(16,17)10-8-14/h2-6,14-15H,1,7-11H2. The van der Waals surface area contributed by atoms with Crippen LogP contribution in [-0.4, -0.2) is 32.5 Å². The van der Waals surface area contributed by atoms with Crippen molar-refractivity contribution in [2.75, 3.05) is 18.1 Å². The van der Waals surface area contributed by atoms with Gasteiger partial charge < -0.3 is 5.32 Å². The van der Waals surface area contributed by atoms with Crippen LogP contribution in [0.3, 0.4) is 0 Å². The summed E-state index contributed by atoms with van der Waals surface area (Å²) in [5, 5.41) is 3.39. The smallest absolute Gasteiger partial charge is 0.150 e. The molecular formula is C14H19NO2S. The summed E-state index contributed by atoms with van der Waals surface area (Å²) in [4.78, 5) is 0. The van der Waals surface area contributed by atoms with Crippen LogP contribution in [0.4, 0.5) is 0 Å². The van der Waals surface area contributed by atoms with Gasteiger partial charge in [-0.3, -0.25) is 0 Å². The Hall–Kier alpha value is -1.13. The van der Waals surface area contributed by atoms with Gasteiger partial charge in [-0.25, -0.2) is 8.42 Å². The summed E-state index contributed by atoms with van der Waals surface area (Å²) in [6.45, 7) is 4.77. The summed E-state index contributed by atoms with van der Waals surface area (Å²) in [5.74, 6) is 0.616. The van der Waals surface area contributed by atoms with E-state index in [0.29, 0.717) is 36.9 Å². The SMILES string of the molecule is C=C(CNC1CCS(=O)(=O)CC1)c1ccccc1. The fourth-order valence-corrected chi connectivity index (χ4v) is 3.63. The van der Waals surface area contributed by atoms with Crippen molar-refractivity contribution in [2.24, 2.45) is 0 Å². The van der Waals surface area contributed by atoms with Crippen molar-refractivity contribution < 1.29 is 8.42 Å². The van der Waals surface area contributed by atoms with E-state index in [1.165, 1.54) is 0 Å². The molecular weight excluding hydrogens is 246 g/mol. The second-order valence-corrected chi connectivity index (χ2v) is 7.08. The van der Waals surface area contributed by atoms with Crippen molar-refractivity contribution >= 4 is 15.4 Å². The first-order valence-electron chi connectivity index (χ1n) is 6.24. The summed E-state index contributed by atoms with van der Waals surface area (Å²) in [6, 6.07) is 10.3. The van der Waals surface area contributed by atoms with Gasteiger partial charge in [0.2, 0.25) is 0 Å². The highest BCUT2D eigenvalue weighted by Gasteiger charge is 2.22. The lowest BCUT2D eigenvalue weighted by Crippen LogP contribution is -2.38. The molecule has 1 heterocycles. The van der Waals surface area contributed by atoms with Crippen LogP contribution in [-0.2, 0) is 9.84 Å². The maximum Gasteiger partial charge on any atom is 0.150 e. The van der Waals surface area contributed by atoms with Gasteiger partial charge in [-0.2, -0.15) is 0 Å². The van der Waals surface area contributed by atoms with E-state index >= 15 is 0 Å². The lowest BCUT2D eigenvalue weighted by Gasteiger charge is -2.23. The molecule has 0 aromatic heterocycles. The molecule has 1 aliphatic rings. The Balaban J connectivity index is 1.81. The maximum absolute atomic E-state index is 11.3. The van der Waals surface area contributed by atoms with Crippen LogP contribution in [0.1, 0.15) is 18.4 Å². The average Bonchev–Trinajstić information content (AvgIpc) is 2.38. The number of nitrogens with one attached hydrogen (secondary N) is 1. The molecule has 1 fully saturated rings. The molecule has 0 atom stereocenters. The van der Waals surface area contributed by atoms with Crippen molar-refractivity contribution in [3.8, 4) is 0 Å². The van der Waals surface area contributed by atoms with Crippen LogP contribution in [0, 0.1) is 0 Å². The minimum Gasteiger partial charge on any atom is -0.310 e. The number of sulfone groups is 1. The normalized spacial score (nSPS) is 19.6. The van der Waals surface area contributed by atoms with Crippen LogP contribution in [0.15, 0.2) is 36.9 Å². The van der Waals surface area contributed by atoms with E-state index in [-0.39, 0.29) is 0 Å². The number of hydrogen-bond donors (Lipinski definition) is 1. The van der Waals surface area contributed by atoms with Crippen LogP contribution in [0.5, 0.6) is 0 Å². The molecule has 18 heavy (non-hydrogen) atoms. The highest BCUT2D eigenvalue weighted by molar-refractivity contribution is 7.91. The van der Waals surface area contributed by atoms with Crippen LogP contribution in [0.25, 0.3) is 5.57 Å². The zero-order valence-corrected chi connectivity index (χ0v) is 11.2. The average molecular weight is 265 g/mol. The minimum absolute atomic E-state index is 0.300. The molecule has 0 radical (unpaired) electrons. The van der Waals surface area contributed by atoms with Crippen molar-refractivity contribution in [3.05, 3.63) is 42.5 Å². The van der Waals surface area contributed by atoms with Gasteiger partial charge in [0.15, 0.2) is 0 Å². The summed E-state index contributed by atoms with van der Waals surface area (Å²) < 4.78 is 22.6. The molecule has 4 heteroatoms. The number of hydrogen-bond acceptors (Lipinski definition) is 3. The maximum atomic E-state index is 11.3. The first kappa shape index (κ1) is 13.3.